The Bertz CT molecular complexity index is 2900. The van der Waals surface area contributed by atoms with Crippen molar-refractivity contribution in [1.29, 1.82) is 0 Å². The van der Waals surface area contributed by atoms with Gasteiger partial charge in [0.25, 0.3) is 0 Å². The molecule has 0 aliphatic heterocycles. The van der Waals surface area contributed by atoms with E-state index in [1.165, 1.54) is 75.5 Å². The van der Waals surface area contributed by atoms with Crippen LogP contribution in [0.3, 0.4) is 0 Å². The van der Waals surface area contributed by atoms with E-state index in [0.29, 0.717) is 0 Å². The van der Waals surface area contributed by atoms with E-state index in [4.69, 9.17) is 0 Å². The molecule has 1 aromatic heterocycles. The van der Waals surface area contributed by atoms with Crippen molar-refractivity contribution < 1.29 is 0 Å². The minimum atomic E-state index is 1.10. The topological polar surface area (TPSA) is 3.24 Å². The van der Waals surface area contributed by atoms with Crippen molar-refractivity contribution in [3.8, 4) is 44.5 Å². The highest BCUT2D eigenvalue weighted by molar-refractivity contribution is 7.26. The molecule has 0 aliphatic rings. The van der Waals surface area contributed by atoms with Crippen LogP contribution >= 0.6 is 11.3 Å². The summed E-state index contributed by atoms with van der Waals surface area (Å²) >= 11 is 1.88. The van der Waals surface area contributed by atoms with Crippen LogP contribution in [-0.2, 0) is 0 Å². The molecule has 0 aliphatic carbocycles. The normalized spacial score (nSPS) is 11.3. The van der Waals surface area contributed by atoms with Gasteiger partial charge in [-0.15, -0.1) is 11.3 Å². The summed E-state index contributed by atoms with van der Waals surface area (Å²) in [6.07, 6.45) is 0. The van der Waals surface area contributed by atoms with E-state index in [0.717, 1.165) is 17.1 Å². The highest BCUT2D eigenvalue weighted by Gasteiger charge is 2.18. The Morgan fingerprint density at radius 1 is 0.315 bits per heavy atom. The Labute approximate surface area is 319 Å². The third-order valence-corrected chi connectivity index (χ3v) is 11.7. The van der Waals surface area contributed by atoms with Crippen LogP contribution in [0.2, 0.25) is 0 Å². The number of hydrogen-bond acceptors (Lipinski definition) is 2. The molecule has 0 unspecified atom stereocenters. The molecule has 0 fully saturated rings. The fourth-order valence-electron chi connectivity index (χ4n) is 7.75. The molecule has 254 valence electrons. The first-order chi connectivity index (χ1) is 26.8. The van der Waals surface area contributed by atoms with Crippen molar-refractivity contribution in [2.75, 3.05) is 4.90 Å². The zero-order chi connectivity index (χ0) is 35.8. The molecule has 54 heavy (non-hydrogen) atoms. The van der Waals surface area contributed by atoms with Crippen molar-refractivity contribution >= 4 is 59.3 Å². The molecule has 0 radical (unpaired) electrons. The van der Waals surface area contributed by atoms with E-state index < -0.39 is 0 Å². The largest absolute Gasteiger partial charge is 0.310 e. The van der Waals surface area contributed by atoms with Crippen LogP contribution in [-0.4, -0.2) is 0 Å². The van der Waals surface area contributed by atoms with Gasteiger partial charge in [-0.2, -0.15) is 0 Å². The highest BCUT2D eigenvalue weighted by Crippen LogP contribution is 2.44. The third kappa shape index (κ3) is 5.84. The van der Waals surface area contributed by atoms with Crippen molar-refractivity contribution in [3.05, 3.63) is 212 Å². The molecule has 0 saturated carbocycles. The van der Waals surface area contributed by atoms with Crippen LogP contribution in [0.25, 0.3) is 75.5 Å². The predicted molar refractivity (Wildman–Crippen MR) is 233 cm³/mol. The Balaban J connectivity index is 1.07. The first kappa shape index (κ1) is 32.0. The number of rotatable bonds is 7. The van der Waals surface area contributed by atoms with Crippen molar-refractivity contribution in [2.24, 2.45) is 0 Å². The number of fused-ring (bicyclic) bond motifs is 4. The van der Waals surface area contributed by atoms with Gasteiger partial charge in [-0.3, -0.25) is 0 Å². The number of nitrogens with zero attached hydrogens (tertiary/aromatic N) is 1. The molecule has 2 heteroatoms. The molecule has 9 aromatic carbocycles. The Morgan fingerprint density at radius 2 is 0.833 bits per heavy atom. The molecule has 0 N–H and O–H groups in total. The highest BCUT2D eigenvalue weighted by atomic mass is 32.1. The number of anilines is 3. The Hall–Kier alpha value is -6.74. The SMILES string of the molecule is c1ccc(-c2ccc(-c3ccc(N(c4ccc(-c5cccc6c5sc5ccccc56)cc4)c4ccccc4-c4ccc5ccccc5c4)cc3)cc2)cc1. The fourth-order valence-corrected chi connectivity index (χ4v) is 8.99. The fraction of sp³-hybridized carbons (Fsp3) is 0. The van der Waals surface area contributed by atoms with E-state index in [1.807, 2.05) is 11.3 Å². The number of hydrogen-bond donors (Lipinski definition) is 0. The lowest BCUT2D eigenvalue weighted by Crippen LogP contribution is -2.11. The maximum absolute atomic E-state index is 2.40. The van der Waals surface area contributed by atoms with Gasteiger partial charge in [-0.05, 0) is 92.2 Å². The lowest BCUT2D eigenvalue weighted by atomic mass is 9.97. The molecule has 1 nitrogen and oxygen atoms in total. The van der Waals surface area contributed by atoms with Crippen molar-refractivity contribution in [1.82, 2.24) is 0 Å². The van der Waals surface area contributed by atoms with Gasteiger partial charge in [0, 0.05) is 37.1 Å². The van der Waals surface area contributed by atoms with Gasteiger partial charge in [-0.25, -0.2) is 0 Å². The summed E-state index contributed by atoms with van der Waals surface area (Å²) in [6.45, 7) is 0. The lowest BCUT2D eigenvalue weighted by molar-refractivity contribution is 1.28. The van der Waals surface area contributed by atoms with Crippen LogP contribution < -0.4 is 4.90 Å². The predicted octanol–water partition coefficient (Wildman–Crippen LogP) is 15.3. The van der Waals surface area contributed by atoms with Crippen LogP contribution in [0.4, 0.5) is 17.1 Å². The molecule has 0 bridgehead atoms. The van der Waals surface area contributed by atoms with Crippen molar-refractivity contribution in [2.45, 2.75) is 0 Å². The molecular weight excluding hydrogens is 671 g/mol. The number of thiophene rings is 1. The maximum atomic E-state index is 2.40. The van der Waals surface area contributed by atoms with Gasteiger partial charge in [0.1, 0.15) is 0 Å². The van der Waals surface area contributed by atoms with E-state index in [-0.39, 0.29) is 0 Å². The third-order valence-electron chi connectivity index (χ3n) is 10.5. The molecular formula is C52H35NS. The average molecular weight is 706 g/mol. The number of para-hydroxylation sites is 1. The second-order valence-electron chi connectivity index (χ2n) is 13.7. The van der Waals surface area contributed by atoms with E-state index in [9.17, 15) is 0 Å². The zero-order valence-corrected chi connectivity index (χ0v) is 30.4. The summed E-state index contributed by atoms with van der Waals surface area (Å²) in [5, 5.41) is 5.12. The van der Waals surface area contributed by atoms with Crippen molar-refractivity contribution in [3.63, 3.8) is 0 Å². The van der Waals surface area contributed by atoms with Gasteiger partial charge in [0.2, 0.25) is 0 Å². The second-order valence-corrected chi connectivity index (χ2v) is 14.8. The summed E-state index contributed by atoms with van der Waals surface area (Å²) < 4.78 is 2.65. The first-order valence-corrected chi connectivity index (χ1v) is 19.2. The molecule has 10 rings (SSSR count). The first-order valence-electron chi connectivity index (χ1n) is 18.4. The van der Waals surface area contributed by atoms with Crippen LogP contribution in [0.1, 0.15) is 0 Å². The average Bonchev–Trinajstić information content (AvgIpc) is 3.64. The molecule has 10 aromatic rings. The van der Waals surface area contributed by atoms with E-state index in [2.05, 4.69) is 217 Å². The Morgan fingerprint density at radius 3 is 1.57 bits per heavy atom. The van der Waals surface area contributed by atoms with Gasteiger partial charge < -0.3 is 4.90 Å². The maximum Gasteiger partial charge on any atom is 0.0540 e. The van der Waals surface area contributed by atoms with Gasteiger partial charge in [0.05, 0.1) is 5.69 Å². The summed E-state index contributed by atoms with van der Waals surface area (Å²) in [4.78, 5) is 2.40. The minimum Gasteiger partial charge on any atom is -0.310 e. The quantitative estimate of drug-likeness (QED) is 0.160. The zero-order valence-electron chi connectivity index (χ0n) is 29.6. The summed E-state index contributed by atoms with van der Waals surface area (Å²) in [6, 6.07) is 77.1. The number of benzene rings is 9. The van der Waals surface area contributed by atoms with Gasteiger partial charge in [0.15, 0.2) is 0 Å². The summed E-state index contributed by atoms with van der Waals surface area (Å²) in [5.74, 6) is 0. The smallest absolute Gasteiger partial charge is 0.0540 e. The molecule has 0 atom stereocenters. The minimum absolute atomic E-state index is 1.10. The van der Waals surface area contributed by atoms with E-state index >= 15 is 0 Å². The van der Waals surface area contributed by atoms with Gasteiger partial charge in [-0.1, -0.05) is 170 Å². The summed E-state index contributed by atoms with van der Waals surface area (Å²) in [5.41, 5.74) is 13.0. The monoisotopic (exact) mass is 705 g/mol. The van der Waals surface area contributed by atoms with Crippen LogP contribution in [0.15, 0.2) is 212 Å². The van der Waals surface area contributed by atoms with E-state index in [1.54, 1.807) is 0 Å². The molecule has 0 saturated heterocycles. The Kier molecular flexibility index (Phi) is 8.09. The van der Waals surface area contributed by atoms with Crippen LogP contribution in [0, 0.1) is 0 Å². The molecule has 1 heterocycles. The second kappa shape index (κ2) is 13.7. The molecule has 0 amide bonds. The summed E-state index contributed by atoms with van der Waals surface area (Å²) in [7, 11) is 0. The standard InChI is InChI=1S/C52H35NS/c1-2-11-36(12-3-1)38-21-23-39(24-22-38)40-27-31-44(32-28-40)53(50-19-8-6-15-46(50)43-26-25-37-13-4-5-14-42(37)35-43)45-33-29-41(30-34-45)47-17-10-18-49-48-16-7-9-20-51(48)54-52(47)49/h1-35H. The van der Waals surface area contributed by atoms with Gasteiger partial charge >= 0.3 is 0 Å². The lowest BCUT2D eigenvalue weighted by Gasteiger charge is -2.28. The van der Waals surface area contributed by atoms with Crippen LogP contribution in [0.5, 0.6) is 0 Å². The molecule has 0 spiro atoms.